The molecule has 28 atom stereocenters. The van der Waals surface area contributed by atoms with Crippen molar-refractivity contribution in [2.75, 3.05) is 26.4 Å². The molecule has 0 spiro atoms. The van der Waals surface area contributed by atoms with E-state index in [0.717, 1.165) is 153 Å². The second-order valence-electron chi connectivity index (χ2n) is 41.8. The molecule has 3 aromatic heterocycles. The fourth-order valence-electron chi connectivity index (χ4n) is 27.7. The first kappa shape index (κ1) is 89.6. The van der Waals surface area contributed by atoms with Gasteiger partial charge in [0.1, 0.15) is 12.2 Å². The predicted molar refractivity (Wildman–Crippen MR) is 457 cm³/mol. The average Bonchev–Trinajstić information content (AvgIpc) is 1.46. The Labute approximate surface area is 698 Å². The molecule has 0 amide bonds. The maximum Gasteiger partial charge on any atom is 0.316 e. The molecule has 3 heterocycles. The van der Waals surface area contributed by atoms with Crippen LogP contribution < -0.4 is 14.2 Å². The molecule has 4 N–H and O–H groups in total. The first-order valence-electron chi connectivity index (χ1n) is 46.1. The number of esters is 2. The van der Waals surface area contributed by atoms with Crippen LogP contribution in [0, 0.1) is 132 Å². The van der Waals surface area contributed by atoms with Gasteiger partial charge in [0, 0.05) is 81.3 Å². The number of carbonyl (C=O) groups is 2. The normalized spacial score (nSPS) is 42.4. The Morgan fingerprint density at radius 2 is 0.647 bits per heavy atom. The van der Waals surface area contributed by atoms with Crippen molar-refractivity contribution in [1.29, 1.82) is 0 Å². The van der Waals surface area contributed by atoms with E-state index in [0.29, 0.717) is 109 Å². The minimum Gasteiger partial charge on any atom is -0.463 e. The highest BCUT2D eigenvalue weighted by molar-refractivity contribution is 5.66. The lowest BCUT2D eigenvalue weighted by Gasteiger charge is -2.56. The zero-order chi connectivity index (χ0) is 83.3. The van der Waals surface area contributed by atoms with Crippen molar-refractivity contribution in [3.05, 3.63) is 104 Å². The van der Waals surface area contributed by atoms with Gasteiger partial charge in [-0.1, -0.05) is 144 Å². The van der Waals surface area contributed by atoms with Crippen LogP contribution in [-0.4, -0.2) is 119 Å². The molecule has 644 valence electrons. The summed E-state index contributed by atoms with van der Waals surface area (Å²) in [4.78, 5) is 49.2. The first-order valence-corrected chi connectivity index (χ1v) is 46.1. The van der Waals surface area contributed by atoms with Gasteiger partial charge < -0.3 is 44.1 Å². The van der Waals surface area contributed by atoms with Crippen LogP contribution in [0.1, 0.15) is 295 Å². The van der Waals surface area contributed by atoms with E-state index >= 15 is 0 Å². The van der Waals surface area contributed by atoms with E-state index < -0.39 is 0 Å². The van der Waals surface area contributed by atoms with E-state index in [1.165, 1.54) is 86.5 Å². The molecular weight excluding hydrogens is 1450 g/mol. The molecule has 0 aromatic carbocycles. The van der Waals surface area contributed by atoms with Gasteiger partial charge in [-0.25, -0.2) is 29.9 Å². The van der Waals surface area contributed by atoms with Gasteiger partial charge in [0.25, 0.3) is 0 Å². The highest BCUT2D eigenvalue weighted by atomic mass is 16.5. The molecule has 3 aromatic rings. The summed E-state index contributed by atoms with van der Waals surface area (Å²) in [6, 6.07) is 6.71. The summed E-state index contributed by atoms with van der Waals surface area (Å²) >= 11 is 0. The van der Waals surface area contributed by atoms with E-state index in [4.69, 9.17) is 23.7 Å². The lowest BCUT2D eigenvalue weighted by molar-refractivity contribution is -0.173. The smallest absolute Gasteiger partial charge is 0.316 e. The first-order chi connectivity index (χ1) is 55.1. The van der Waals surface area contributed by atoms with Gasteiger partial charge in [-0.15, -0.1) is 0 Å². The largest absolute Gasteiger partial charge is 0.463 e. The third-order valence-corrected chi connectivity index (χ3v) is 35.7. The lowest BCUT2D eigenvalue weighted by atomic mass is 9.51. The van der Waals surface area contributed by atoms with Crippen LogP contribution in [0.15, 0.2) is 104 Å². The van der Waals surface area contributed by atoms with Gasteiger partial charge >= 0.3 is 30.0 Å². The van der Waals surface area contributed by atoms with Gasteiger partial charge in [0.05, 0.1) is 38.1 Å². The SMILES string of the molecule is C=C1CC[C@H]2[C@H](O)[C@@H]([C@@]3(C)CC[C@H](C)C[C@@H]3CCOc3ncccn3)CC[C@]12C.C=C1CC[C@H]2[C@H](O)[C@@H]([C@@]3(C)CC[C@H](O)C[C@@H]3CCOc3ncccn3)CC[C@]12C.C=C1CC[C@H]2[C@H](OC(C)=O)[C@@H]([C@@]3(C)CC[C@H](C)C[C@@H]3CCO)CC[C@]12C.C=C1CC[C@H]2[C@H](OC(C)=O)[C@@H]([C@@]3(C)CC[C@H](C)C[C@@H]3CCOc3ncccn3)CC[C@]12C. The topological polar surface area (TPSA) is 239 Å². The van der Waals surface area contributed by atoms with Crippen molar-refractivity contribution < 1.29 is 53.7 Å². The summed E-state index contributed by atoms with van der Waals surface area (Å²) in [5.41, 5.74) is 6.39. The lowest BCUT2D eigenvalue weighted by Crippen LogP contribution is -2.53. The van der Waals surface area contributed by atoms with Crippen LogP contribution in [0.4, 0.5) is 0 Å². The molecule has 17 heteroatoms. The third kappa shape index (κ3) is 18.6. The summed E-state index contributed by atoms with van der Waals surface area (Å²) in [6.07, 6.45) is 44.4. The van der Waals surface area contributed by atoms with E-state index in [1.807, 2.05) is 6.07 Å². The Morgan fingerprint density at radius 3 is 0.966 bits per heavy atom. The molecule has 12 aliphatic carbocycles. The third-order valence-electron chi connectivity index (χ3n) is 35.7. The monoisotopic (exact) mass is 1600 g/mol. The Morgan fingerprint density at radius 1 is 0.371 bits per heavy atom. The summed E-state index contributed by atoms with van der Waals surface area (Å²) < 4.78 is 29.8. The fourth-order valence-corrected chi connectivity index (χ4v) is 27.7. The molecule has 0 radical (unpaired) electrons. The number of aromatic nitrogens is 6. The molecule has 17 nitrogen and oxygen atoms in total. The van der Waals surface area contributed by atoms with E-state index in [2.05, 4.69) is 132 Å². The van der Waals surface area contributed by atoms with Gasteiger partial charge in [0.15, 0.2) is 0 Å². The number of allylic oxidation sites excluding steroid dienone is 4. The summed E-state index contributed by atoms with van der Waals surface area (Å²) in [6.45, 7) is 48.8. The molecule has 15 rings (SSSR count). The number of hydrogen-bond donors (Lipinski definition) is 4. The van der Waals surface area contributed by atoms with E-state index in [-0.39, 0.29) is 98.3 Å². The number of fused-ring (bicyclic) bond motifs is 4. The molecular formula is C99H152N6O11. The number of rotatable bonds is 20. The van der Waals surface area contributed by atoms with Gasteiger partial charge in [-0.3, -0.25) is 9.59 Å². The molecule has 0 saturated heterocycles. The average molecular weight is 1600 g/mol. The molecule has 12 fully saturated rings. The van der Waals surface area contributed by atoms with Gasteiger partial charge in [-0.2, -0.15) is 0 Å². The van der Waals surface area contributed by atoms with Gasteiger partial charge in [0.2, 0.25) is 0 Å². The fraction of sp³-hybridized carbons (Fsp3) is 0.778. The summed E-state index contributed by atoms with van der Waals surface area (Å²) in [7, 11) is 0. The second kappa shape index (κ2) is 37.4. The number of aliphatic hydroxyl groups is 4. The minimum absolute atomic E-state index is 0.00472. The number of hydrogen-bond acceptors (Lipinski definition) is 17. The maximum atomic E-state index is 12.2. The number of nitrogens with zero attached hydrogens (tertiary/aromatic N) is 6. The zero-order valence-corrected chi connectivity index (χ0v) is 73.9. The number of carbonyl (C=O) groups excluding carboxylic acids is 2. The molecule has 12 saturated carbocycles. The second-order valence-corrected chi connectivity index (χ2v) is 41.8. The van der Waals surface area contributed by atoms with Crippen LogP contribution in [0.2, 0.25) is 0 Å². The Hall–Kier alpha value is -5.62. The van der Waals surface area contributed by atoms with Crippen molar-refractivity contribution >= 4 is 11.9 Å². The van der Waals surface area contributed by atoms with Crippen molar-refractivity contribution in [1.82, 2.24) is 29.9 Å². The van der Waals surface area contributed by atoms with Crippen LogP contribution in [0.25, 0.3) is 0 Å². The number of aliphatic hydroxyl groups excluding tert-OH is 4. The summed E-state index contributed by atoms with van der Waals surface area (Å²) in [5, 5.41) is 43.1. The van der Waals surface area contributed by atoms with Crippen molar-refractivity contribution in [2.45, 2.75) is 326 Å². The Balaban J connectivity index is 0.000000143. The van der Waals surface area contributed by atoms with E-state index in [1.54, 1.807) is 63.2 Å². The minimum atomic E-state index is -0.283. The van der Waals surface area contributed by atoms with Crippen molar-refractivity contribution in [2.24, 2.45) is 132 Å². The predicted octanol–water partition coefficient (Wildman–Crippen LogP) is 20.7. The van der Waals surface area contributed by atoms with Crippen molar-refractivity contribution in [3.63, 3.8) is 0 Å². The van der Waals surface area contributed by atoms with E-state index in [9.17, 15) is 30.0 Å². The Bertz CT molecular complexity index is 3670. The van der Waals surface area contributed by atoms with Crippen LogP contribution in [0.3, 0.4) is 0 Å². The maximum absolute atomic E-state index is 12.2. The van der Waals surface area contributed by atoms with Crippen molar-refractivity contribution in [3.8, 4) is 18.0 Å². The highest BCUT2D eigenvalue weighted by Gasteiger charge is 2.63. The molecule has 0 aliphatic heterocycles. The molecule has 0 unspecified atom stereocenters. The number of ether oxygens (including phenoxy) is 5. The van der Waals surface area contributed by atoms with Crippen LogP contribution >= 0.6 is 0 Å². The van der Waals surface area contributed by atoms with Crippen LogP contribution in [0.5, 0.6) is 18.0 Å². The summed E-state index contributed by atoms with van der Waals surface area (Å²) in [5.74, 6) is 6.82. The zero-order valence-electron chi connectivity index (χ0n) is 73.9. The van der Waals surface area contributed by atoms with Crippen LogP contribution in [-0.2, 0) is 19.1 Å². The van der Waals surface area contributed by atoms with Gasteiger partial charge in [-0.05, 0) is 313 Å². The Kier molecular flexibility index (Phi) is 28.9. The molecule has 12 aliphatic rings. The molecule has 116 heavy (non-hydrogen) atoms. The molecule has 0 bridgehead atoms. The quantitative estimate of drug-likeness (QED) is 0.0607. The highest BCUT2D eigenvalue weighted by Crippen LogP contribution is 2.68. The standard InChI is InChI=1S/C27H40N2O3.C25H38N2O2.C24H36N2O3.C23H38O3/c1-18-9-12-27(5,21(17-18)11-16-31-25-28-14-6-15-29-25)23-10-13-26(4)19(2)7-8-22(26)24(23)32-20(3)30;1-17-8-11-25(4,19(16-17)10-15-29-23-26-13-5-14-27-23)21-9-12-24(3)18(2)6-7-20(24)22(21)28;1-16-5-6-19-21(28)20(8-11-23(16,19)2)24(3)10-7-18(27)15-17(24)9-14-29-22-25-12-4-13-26-22;1-15-8-11-23(5,18(14-15)10-13-24)20-9-12-22(4)16(2)6-7-19(22)21(20)26-17(3)25/h6,14-15,18,21-24H,2,7-13,16-17H2,1,3-5H3;5,13-14,17,19-22,28H,2,6-12,15-16H2,1,3-4H3;4,12-13,17-21,27-28H,1,5-11,14-15H2,2-3H3;15,18-21,24H,2,6-14H2,1,3-5H3/t18-,21-,22-,23-,24-,26+,27-;17-,19-,20-,21-,22-,24+,25-;17-,18-,19-,20-,21-,23+,24-;15-,18-,19-,20-,21-,22+,23-/m0000/s1.